The quantitative estimate of drug-likeness (QED) is 0.887. The number of benzene rings is 1. The molecule has 2 N–H and O–H groups in total. The van der Waals surface area contributed by atoms with Crippen molar-refractivity contribution < 1.29 is 19.1 Å². The van der Waals surface area contributed by atoms with Gasteiger partial charge < -0.3 is 14.8 Å². The number of furan rings is 1. The van der Waals surface area contributed by atoms with Crippen molar-refractivity contribution >= 4 is 22.8 Å². The molecular weight excluding hydrogens is 282 g/mol. The van der Waals surface area contributed by atoms with E-state index in [9.17, 15) is 9.59 Å². The third-order valence-electron chi connectivity index (χ3n) is 3.83. The van der Waals surface area contributed by atoms with Crippen LogP contribution in [0.25, 0.3) is 11.0 Å². The highest BCUT2D eigenvalue weighted by atomic mass is 16.4. The number of nitrogens with one attached hydrogen (secondary N) is 1. The van der Waals surface area contributed by atoms with Crippen molar-refractivity contribution in [2.75, 3.05) is 0 Å². The lowest BCUT2D eigenvalue weighted by molar-refractivity contribution is -0.149. The molecule has 2 rings (SSSR count). The van der Waals surface area contributed by atoms with E-state index in [1.807, 2.05) is 38.1 Å². The van der Waals surface area contributed by atoms with Gasteiger partial charge in [0.2, 0.25) is 5.91 Å². The fourth-order valence-corrected chi connectivity index (χ4v) is 2.44. The second kappa shape index (κ2) is 5.83. The summed E-state index contributed by atoms with van der Waals surface area (Å²) in [6.45, 7) is 6.85. The molecule has 1 aromatic heterocycles. The molecule has 0 spiro atoms. The van der Waals surface area contributed by atoms with Crippen molar-refractivity contribution in [3.8, 4) is 0 Å². The van der Waals surface area contributed by atoms with Crippen LogP contribution in [0.2, 0.25) is 0 Å². The summed E-state index contributed by atoms with van der Waals surface area (Å²) in [7, 11) is 0. The smallest absolute Gasteiger partial charge is 0.309 e. The summed E-state index contributed by atoms with van der Waals surface area (Å²) in [4.78, 5) is 23.1. The van der Waals surface area contributed by atoms with Crippen LogP contribution in [0.5, 0.6) is 0 Å². The maximum atomic E-state index is 12.1. The third kappa shape index (κ3) is 3.13. The van der Waals surface area contributed by atoms with E-state index in [1.54, 1.807) is 0 Å². The van der Waals surface area contributed by atoms with Gasteiger partial charge in [0, 0.05) is 17.4 Å². The summed E-state index contributed by atoms with van der Waals surface area (Å²) >= 11 is 0. The van der Waals surface area contributed by atoms with Crippen molar-refractivity contribution in [3.05, 3.63) is 35.6 Å². The third-order valence-corrected chi connectivity index (χ3v) is 3.83. The molecule has 0 saturated heterocycles. The second-order valence-electron chi connectivity index (χ2n) is 6.24. The first-order valence-electron chi connectivity index (χ1n) is 7.23. The van der Waals surface area contributed by atoms with E-state index < -0.39 is 11.4 Å². The molecule has 5 heteroatoms. The van der Waals surface area contributed by atoms with Crippen LogP contribution in [0.4, 0.5) is 0 Å². The molecule has 0 aliphatic carbocycles. The lowest BCUT2D eigenvalue weighted by atomic mass is 9.89. The Bertz CT molecular complexity index is 715. The fourth-order valence-electron chi connectivity index (χ4n) is 2.44. The molecule has 0 saturated carbocycles. The van der Waals surface area contributed by atoms with Crippen molar-refractivity contribution in [3.63, 3.8) is 0 Å². The van der Waals surface area contributed by atoms with Crippen molar-refractivity contribution in [2.24, 2.45) is 5.41 Å². The highest BCUT2D eigenvalue weighted by Crippen LogP contribution is 2.29. The first-order chi connectivity index (χ1) is 10.2. The van der Waals surface area contributed by atoms with Crippen LogP contribution in [0.15, 0.2) is 28.7 Å². The van der Waals surface area contributed by atoms with E-state index in [2.05, 4.69) is 5.32 Å². The first-order valence-corrected chi connectivity index (χ1v) is 7.23. The Morgan fingerprint density at radius 1 is 1.32 bits per heavy atom. The standard InChI is InChI=1S/C17H21NO4/c1-10-12-7-5-6-8-13(12)22-15(10)11(2)18-14(19)9-17(3,4)16(20)21/h5-8,11H,9H2,1-4H3,(H,18,19)(H,20,21)/t11-/m0/s1. The highest BCUT2D eigenvalue weighted by molar-refractivity contribution is 5.85. The van der Waals surface area contributed by atoms with E-state index in [0.717, 1.165) is 16.5 Å². The van der Waals surface area contributed by atoms with E-state index >= 15 is 0 Å². The number of carbonyl (C=O) groups is 2. The maximum Gasteiger partial charge on any atom is 0.309 e. The Morgan fingerprint density at radius 3 is 2.55 bits per heavy atom. The van der Waals surface area contributed by atoms with E-state index in [0.29, 0.717) is 5.76 Å². The largest absolute Gasteiger partial charge is 0.481 e. The molecule has 22 heavy (non-hydrogen) atoms. The Morgan fingerprint density at radius 2 is 1.95 bits per heavy atom. The predicted molar refractivity (Wildman–Crippen MR) is 83.5 cm³/mol. The number of carboxylic acid groups (broad SMARTS) is 1. The van der Waals surface area contributed by atoms with Crippen LogP contribution in [-0.4, -0.2) is 17.0 Å². The van der Waals surface area contributed by atoms with Gasteiger partial charge in [-0.1, -0.05) is 18.2 Å². The number of hydrogen-bond donors (Lipinski definition) is 2. The Hall–Kier alpha value is -2.30. The molecule has 0 unspecified atom stereocenters. The molecular formula is C17H21NO4. The van der Waals surface area contributed by atoms with E-state index in [1.165, 1.54) is 13.8 Å². The van der Waals surface area contributed by atoms with Crippen molar-refractivity contribution in [1.29, 1.82) is 0 Å². The monoisotopic (exact) mass is 303 g/mol. The highest BCUT2D eigenvalue weighted by Gasteiger charge is 2.31. The number of hydrogen-bond acceptors (Lipinski definition) is 3. The fraction of sp³-hybridized carbons (Fsp3) is 0.412. The summed E-state index contributed by atoms with van der Waals surface area (Å²) in [5.74, 6) is -0.599. The first kappa shape index (κ1) is 16.1. The van der Waals surface area contributed by atoms with Gasteiger partial charge >= 0.3 is 5.97 Å². The molecule has 5 nitrogen and oxygen atoms in total. The number of rotatable bonds is 5. The van der Waals surface area contributed by atoms with Crippen LogP contribution in [0, 0.1) is 12.3 Å². The molecule has 0 aliphatic rings. The van der Waals surface area contributed by atoms with Gasteiger partial charge in [0.15, 0.2) is 0 Å². The topological polar surface area (TPSA) is 79.5 Å². The predicted octanol–water partition coefficient (Wildman–Crippen LogP) is 3.42. The van der Waals surface area contributed by atoms with Crippen molar-refractivity contribution in [1.82, 2.24) is 5.32 Å². The maximum absolute atomic E-state index is 12.1. The number of fused-ring (bicyclic) bond motifs is 1. The normalized spacial score (nSPS) is 13.1. The number of aryl methyl sites for hydroxylation is 1. The Balaban J connectivity index is 2.14. The molecule has 118 valence electrons. The second-order valence-corrected chi connectivity index (χ2v) is 6.24. The van der Waals surface area contributed by atoms with Gasteiger partial charge in [-0.3, -0.25) is 9.59 Å². The zero-order valence-corrected chi connectivity index (χ0v) is 13.3. The van der Waals surface area contributed by atoms with Gasteiger partial charge in [0.25, 0.3) is 0 Å². The molecule has 2 aromatic rings. The molecule has 1 aromatic carbocycles. The summed E-state index contributed by atoms with van der Waals surface area (Å²) in [6.07, 6.45) is -0.0774. The number of para-hydroxylation sites is 1. The number of amides is 1. The average molecular weight is 303 g/mol. The van der Waals surface area contributed by atoms with E-state index in [4.69, 9.17) is 9.52 Å². The van der Waals surface area contributed by atoms with Crippen LogP contribution >= 0.6 is 0 Å². The average Bonchev–Trinajstić information content (AvgIpc) is 2.76. The molecule has 1 heterocycles. The van der Waals surface area contributed by atoms with Crippen LogP contribution in [0.1, 0.15) is 44.6 Å². The minimum Gasteiger partial charge on any atom is -0.481 e. The van der Waals surface area contributed by atoms with Crippen LogP contribution in [-0.2, 0) is 9.59 Å². The number of carbonyl (C=O) groups excluding carboxylic acids is 1. The van der Waals surface area contributed by atoms with Gasteiger partial charge in [-0.2, -0.15) is 0 Å². The van der Waals surface area contributed by atoms with Crippen molar-refractivity contribution in [2.45, 2.75) is 40.2 Å². The van der Waals surface area contributed by atoms with Crippen LogP contribution < -0.4 is 5.32 Å². The molecule has 0 fully saturated rings. The Kier molecular flexibility index (Phi) is 4.26. The zero-order valence-electron chi connectivity index (χ0n) is 13.3. The summed E-state index contributed by atoms with van der Waals surface area (Å²) < 4.78 is 5.81. The van der Waals surface area contributed by atoms with Gasteiger partial charge in [-0.25, -0.2) is 0 Å². The van der Waals surface area contributed by atoms with Gasteiger partial charge in [0.1, 0.15) is 11.3 Å². The Labute approximate surface area is 129 Å². The minimum absolute atomic E-state index is 0.0774. The molecule has 0 bridgehead atoms. The summed E-state index contributed by atoms with van der Waals surface area (Å²) in [5, 5.41) is 12.9. The molecule has 1 amide bonds. The van der Waals surface area contributed by atoms with E-state index in [-0.39, 0.29) is 18.4 Å². The number of aliphatic carboxylic acids is 1. The van der Waals surface area contributed by atoms with Gasteiger partial charge in [0.05, 0.1) is 11.5 Å². The van der Waals surface area contributed by atoms with Crippen LogP contribution in [0.3, 0.4) is 0 Å². The SMILES string of the molecule is Cc1c([C@H](C)NC(=O)CC(C)(C)C(=O)O)oc2ccccc12. The minimum atomic E-state index is -1.09. The summed E-state index contributed by atoms with van der Waals surface area (Å²) in [5.41, 5.74) is 0.676. The zero-order chi connectivity index (χ0) is 16.5. The number of carboxylic acids is 1. The molecule has 1 atom stereocenters. The summed E-state index contributed by atoms with van der Waals surface area (Å²) in [6, 6.07) is 7.37. The lowest BCUT2D eigenvalue weighted by Crippen LogP contribution is -2.34. The lowest BCUT2D eigenvalue weighted by Gasteiger charge is -2.20. The molecule has 0 radical (unpaired) electrons. The van der Waals surface area contributed by atoms with Gasteiger partial charge in [-0.05, 0) is 33.8 Å². The molecule has 0 aliphatic heterocycles. The van der Waals surface area contributed by atoms with Gasteiger partial charge in [-0.15, -0.1) is 0 Å².